The average Bonchev–Trinajstić information content (AvgIpc) is 2.53. The predicted octanol–water partition coefficient (Wildman–Crippen LogP) is 2.86. The van der Waals surface area contributed by atoms with E-state index in [2.05, 4.69) is 30.5 Å². The Kier molecular flexibility index (Phi) is 4.79. The van der Waals surface area contributed by atoms with Crippen LogP contribution in [0.1, 0.15) is 52.4 Å². The molecule has 2 nitrogen and oxygen atoms in total. The van der Waals surface area contributed by atoms with Crippen LogP contribution in [0.25, 0.3) is 0 Å². The van der Waals surface area contributed by atoms with Crippen LogP contribution in [-0.2, 0) is 0 Å². The van der Waals surface area contributed by atoms with E-state index in [0.717, 1.165) is 17.0 Å². The van der Waals surface area contributed by atoms with Crippen LogP contribution in [-0.4, -0.2) is 40.6 Å². The molecule has 1 aliphatic carbocycles. The van der Waals surface area contributed by atoms with Gasteiger partial charge in [0.15, 0.2) is 0 Å². The molecule has 2 unspecified atom stereocenters. The van der Waals surface area contributed by atoms with Crippen molar-refractivity contribution in [1.82, 2.24) is 4.90 Å². The van der Waals surface area contributed by atoms with Crippen LogP contribution in [0.4, 0.5) is 0 Å². The van der Waals surface area contributed by atoms with E-state index in [1.807, 2.05) is 0 Å². The molecule has 2 rings (SSSR count). The van der Waals surface area contributed by atoms with Crippen molar-refractivity contribution in [2.24, 2.45) is 5.73 Å². The third-order valence-corrected chi connectivity index (χ3v) is 5.73. The van der Waals surface area contributed by atoms with E-state index >= 15 is 0 Å². The molecule has 0 amide bonds. The lowest BCUT2D eigenvalue weighted by atomic mass is 9.87. The molecule has 0 radical (unpaired) electrons. The summed E-state index contributed by atoms with van der Waals surface area (Å²) in [6.45, 7) is 8.08. The Bertz CT molecular complexity index is 226. The van der Waals surface area contributed by atoms with E-state index in [4.69, 9.17) is 5.73 Å². The predicted molar refractivity (Wildman–Crippen MR) is 77.6 cm³/mol. The average molecular weight is 256 g/mol. The van der Waals surface area contributed by atoms with Gasteiger partial charge in [-0.15, -0.1) is 0 Å². The van der Waals surface area contributed by atoms with Crippen molar-refractivity contribution < 1.29 is 0 Å². The highest BCUT2D eigenvalue weighted by molar-refractivity contribution is 8.00. The molecule has 1 heterocycles. The molecule has 1 saturated carbocycles. The Morgan fingerprint density at radius 1 is 1.06 bits per heavy atom. The Labute approximate surface area is 111 Å². The minimum Gasteiger partial charge on any atom is -0.329 e. The van der Waals surface area contributed by atoms with E-state index in [1.54, 1.807) is 0 Å². The summed E-state index contributed by atoms with van der Waals surface area (Å²) in [5.74, 6) is 0. The maximum atomic E-state index is 6.18. The van der Waals surface area contributed by atoms with Gasteiger partial charge in [-0.2, -0.15) is 11.8 Å². The van der Waals surface area contributed by atoms with Crippen LogP contribution in [0.2, 0.25) is 0 Å². The molecule has 0 aromatic carbocycles. The molecule has 100 valence electrons. The lowest BCUT2D eigenvalue weighted by Gasteiger charge is -2.48. The number of nitrogens with two attached hydrogens (primary N) is 1. The fourth-order valence-corrected chi connectivity index (χ4v) is 4.93. The summed E-state index contributed by atoms with van der Waals surface area (Å²) in [7, 11) is 0. The monoisotopic (exact) mass is 256 g/mol. The van der Waals surface area contributed by atoms with E-state index in [-0.39, 0.29) is 0 Å². The van der Waals surface area contributed by atoms with E-state index < -0.39 is 0 Å². The first-order valence-corrected chi connectivity index (χ1v) is 8.21. The summed E-state index contributed by atoms with van der Waals surface area (Å²) in [5.41, 5.74) is 6.51. The Balaban J connectivity index is 2.09. The van der Waals surface area contributed by atoms with Gasteiger partial charge in [0.05, 0.1) is 0 Å². The molecular formula is C14H28N2S. The Morgan fingerprint density at radius 3 is 2.06 bits per heavy atom. The quantitative estimate of drug-likeness (QED) is 0.770. The highest BCUT2D eigenvalue weighted by Gasteiger charge is 2.39. The zero-order chi connectivity index (χ0) is 12.3. The summed E-state index contributed by atoms with van der Waals surface area (Å²) < 4.78 is 0. The van der Waals surface area contributed by atoms with Gasteiger partial charge >= 0.3 is 0 Å². The molecule has 2 N–H and O–H groups in total. The standard InChI is InChI=1S/C14H28N2S/c1-12-9-16(10-13(2)17-12)14(11-15)7-5-3-4-6-8-14/h12-13H,3-11,15H2,1-2H3. The molecular weight excluding hydrogens is 228 g/mol. The van der Waals surface area contributed by atoms with Crippen molar-refractivity contribution in [3.63, 3.8) is 0 Å². The number of rotatable bonds is 2. The van der Waals surface area contributed by atoms with Crippen molar-refractivity contribution in [3.8, 4) is 0 Å². The van der Waals surface area contributed by atoms with Crippen LogP contribution >= 0.6 is 11.8 Å². The Morgan fingerprint density at radius 2 is 1.59 bits per heavy atom. The third-order valence-electron chi connectivity index (χ3n) is 4.50. The molecule has 1 aliphatic heterocycles. The van der Waals surface area contributed by atoms with Gasteiger partial charge in [0, 0.05) is 35.7 Å². The van der Waals surface area contributed by atoms with Gasteiger partial charge in [0.25, 0.3) is 0 Å². The van der Waals surface area contributed by atoms with Crippen LogP contribution in [0.5, 0.6) is 0 Å². The van der Waals surface area contributed by atoms with Gasteiger partial charge in [-0.1, -0.05) is 39.5 Å². The van der Waals surface area contributed by atoms with Crippen LogP contribution < -0.4 is 5.73 Å². The first kappa shape index (κ1) is 13.7. The van der Waals surface area contributed by atoms with Crippen molar-refractivity contribution in [2.45, 2.75) is 68.4 Å². The molecule has 0 aromatic rings. The second-order valence-corrected chi connectivity index (χ2v) is 7.89. The summed E-state index contributed by atoms with van der Waals surface area (Å²) in [4.78, 5) is 2.74. The summed E-state index contributed by atoms with van der Waals surface area (Å²) in [6.07, 6.45) is 8.24. The van der Waals surface area contributed by atoms with Gasteiger partial charge in [-0.3, -0.25) is 4.90 Å². The molecule has 17 heavy (non-hydrogen) atoms. The van der Waals surface area contributed by atoms with Crippen LogP contribution in [0.3, 0.4) is 0 Å². The zero-order valence-corrected chi connectivity index (χ0v) is 12.3. The van der Waals surface area contributed by atoms with Crippen molar-refractivity contribution >= 4 is 11.8 Å². The molecule has 2 atom stereocenters. The maximum absolute atomic E-state index is 6.18. The molecule has 1 saturated heterocycles. The fourth-order valence-electron chi connectivity index (χ4n) is 3.60. The van der Waals surface area contributed by atoms with Crippen molar-refractivity contribution in [1.29, 1.82) is 0 Å². The summed E-state index contributed by atoms with van der Waals surface area (Å²) in [5, 5.41) is 1.54. The zero-order valence-electron chi connectivity index (χ0n) is 11.5. The lowest BCUT2D eigenvalue weighted by Crippen LogP contribution is -2.58. The second kappa shape index (κ2) is 5.94. The molecule has 0 spiro atoms. The van der Waals surface area contributed by atoms with Gasteiger partial charge in [0.1, 0.15) is 0 Å². The smallest absolute Gasteiger partial charge is 0.0332 e. The van der Waals surface area contributed by atoms with Gasteiger partial charge in [0.2, 0.25) is 0 Å². The minimum absolute atomic E-state index is 0.333. The maximum Gasteiger partial charge on any atom is 0.0332 e. The van der Waals surface area contributed by atoms with E-state index in [9.17, 15) is 0 Å². The third kappa shape index (κ3) is 3.18. The van der Waals surface area contributed by atoms with Crippen LogP contribution in [0, 0.1) is 0 Å². The van der Waals surface area contributed by atoms with E-state index in [1.165, 1.54) is 51.6 Å². The van der Waals surface area contributed by atoms with Crippen molar-refractivity contribution in [3.05, 3.63) is 0 Å². The largest absolute Gasteiger partial charge is 0.329 e. The SMILES string of the molecule is CC1CN(C2(CN)CCCCCC2)CC(C)S1. The number of nitrogens with zero attached hydrogens (tertiary/aromatic N) is 1. The van der Waals surface area contributed by atoms with Gasteiger partial charge in [-0.05, 0) is 12.8 Å². The van der Waals surface area contributed by atoms with Gasteiger partial charge < -0.3 is 5.73 Å². The number of thioether (sulfide) groups is 1. The normalized spacial score (nSPS) is 35.5. The van der Waals surface area contributed by atoms with E-state index in [0.29, 0.717) is 5.54 Å². The fraction of sp³-hybridized carbons (Fsp3) is 1.00. The first-order valence-electron chi connectivity index (χ1n) is 7.27. The molecule has 0 aromatic heterocycles. The summed E-state index contributed by atoms with van der Waals surface area (Å²) >= 11 is 2.14. The Hall–Kier alpha value is 0.270. The minimum atomic E-state index is 0.333. The molecule has 3 heteroatoms. The number of hydrogen-bond acceptors (Lipinski definition) is 3. The summed E-state index contributed by atoms with van der Waals surface area (Å²) in [6, 6.07) is 0. The molecule has 2 aliphatic rings. The highest BCUT2D eigenvalue weighted by atomic mass is 32.2. The molecule has 0 bridgehead atoms. The van der Waals surface area contributed by atoms with Gasteiger partial charge in [-0.25, -0.2) is 0 Å². The highest BCUT2D eigenvalue weighted by Crippen LogP contribution is 2.36. The van der Waals surface area contributed by atoms with Crippen LogP contribution in [0.15, 0.2) is 0 Å². The lowest BCUT2D eigenvalue weighted by molar-refractivity contribution is 0.0762. The second-order valence-electron chi connectivity index (χ2n) is 6.00. The molecule has 2 fully saturated rings. The van der Waals surface area contributed by atoms with Crippen molar-refractivity contribution in [2.75, 3.05) is 19.6 Å². The topological polar surface area (TPSA) is 29.3 Å². The number of hydrogen-bond donors (Lipinski definition) is 1. The first-order chi connectivity index (χ1) is 8.16.